The van der Waals surface area contributed by atoms with Gasteiger partial charge < -0.3 is 20.4 Å². The van der Waals surface area contributed by atoms with Crippen LogP contribution in [0.3, 0.4) is 0 Å². The average Bonchev–Trinajstić information content (AvgIpc) is 2.70. The van der Waals surface area contributed by atoms with Crippen LogP contribution in [-0.2, 0) is 4.79 Å². The number of nitrogens with zero attached hydrogens (tertiary/aromatic N) is 1. The first-order valence-corrected chi connectivity index (χ1v) is 6.89. The number of carboxylic acids is 1. The molecule has 98 valence electrons. The summed E-state index contributed by atoms with van der Waals surface area (Å²) in [7, 11) is 0. The van der Waals surface area contributed by atoms with Gasteiger partial charge in [0.15, 0.2) is 0 Å². The SMILES string of the molecule is CSCCC(NC(=O)N1CCC(O)C1)C(=O)O. The lowest BCUT2D eigenvalue weighted by molar-refractivity contribution is -0.139. The van der Waals surface area contributed by atoms with Crippen molar-refractivity contribution in [3.63, 3.8) is 0 Å². The van der Waals surface area contributed by atoms with E-state index in [9.17, 15) is 14.7 Å². The zero-order chi connectivity index (χ0) is 12.8. The first kappa shape index (κ1) is 14.1. The molecular formula is C10H18N2O4S. The Hall–Kier alpha value is -0.950. The van der Waals surface area contributed by atoms with Crippen LogP contribution in [0.1, 0.15) is 12.8 Å². The van der Waals surface area contributed by atoms with Crippen LogP contribution >= 0.6 is 11.8 Å². The molecule has 0 aliphatic carbocycles. The van der Waals surface area contributed by atoms with Gasteiger partial charge in [-0.2, -0.15) is 11.8 Å². The summed E-state index contributed by atoms with van der Waals surface area (Å²) in [4.78, 5) is 24.1. The maximum atomic E-state index is 11.7. The van der Waals surface area contributed by atoms with Gasteiger partial charge in [0.2, 0.25) is 0 Å². The third-order valence-corrected chi connectivity index (χ3v) is 3.30. The van der Waals surface area contributed by atoms with Gasteiger partial charge in [0, 0.05) is 13.1 Å². The van der Waals surface area contributed by atoms with Gasteiger partial charge in [-0.3, -0.25) is 0 Å². The minimum Gasteiger partial charge on any atom is -0.480 e. The molecule has 2 unspecified atom stereocenters. The maximum Gasteiger partial charge on any atom is 0.326 e. The highest BCUT2D eigenvalue weighted by Gasteiger charge is 2.27. The number of aliphatic hydroxyl groups is 1. The van der Waals surface area contributed by atoms with Crippen molar-refractivity contribution in [1.29, 1.82) is 0 Å². The van der Waals surface area contributed by atoms with E-state index >= 15 is 0 Å². The third kappa shape index (κ3) is 4.43. The molecular weight excluding hydrogens is 244 g/mol. The average molecular weight is 262 g/mol. The van der Waals surface area contributed by atoms with Crippen molar-refractivity contribution in [2.45, 2.75) is 25.0 Å². The van der Waals surface area contributed by atoms with Crippen molar-refractivity contribution in [3.05, 3.63) is 0 Å². The lowest BCUT2D eigenvalue weighted by Gasteiger charge is -2.20. The highest BCUT2D eigenvalue weighted by atomic mass is 32.2. The van der Waals surface area contributed by atoms with E-state index in [0.717, 1.165) is 0 Å². The number of nitrogens with one attached hydrogen (secondary N) is 1. The van der Waals surface area contributed by atoms with Gasteiger partial charge >= 0.3 is 12.0 Å². The topological polar surface area (TPSA) is 89.9 Å². The molecule has 0 bridgehead atoms. The molecule has 0 radical (unpaired) electrons. The van der Waals surface area contributed by atoms with Crippen LogP contribution in [0.5, 0.6) is 0 Å². The van der Waals surface area contributed by atoms with Gasteiger partial charge in [-0.25, -0.2) is 9.59 Å². The van der Waals surface area contributed by atoms with Crippen molar-refractivity contribution in [1.82, 2.24) is 10.2 Å². The standard InChI is InChI=1S/C10H18N2O4S/c1-17-5-3-8(9(14)15)11-10(16)12-4-2-7(13)6-12/h7-8,13H,2-6H2,1H3,(H,11,16)(H,14,15). The molecule has 2 atom stereocenters. The summed E-state index contributed by atoms with van der Waals surface area (Å²) in [6.07, 6.45) is 2.35. The number of carbonyl (C=O) groups is 2. The second-order valence-electron chi connectivity index (χ2n) is 4.01. The van der Waals surface area contributed by atoms with E-state index < -0.39 is 24.1 Å². The van der Waals surface area contributed by atoms with Crippen LogP contribution in [0.25, 0.3) is 0 Å². The molecule has 2 amide bonds. The lowest BCUT2D eigenvalue weighted by Crippen LogP contribution is -2.47. The molecule has 1 fully saturated rings. The van der Waals surface area contributed by atoms with Crippen molar-refractivity contribution in [3.8, 4) is 0 Å². The Morgan fingerprint density at radius 1 is 1.59 bits per heavy atom. The Bertz CT molecular complexity index is 287. The number of likely N-dealkylation sites (tertiary alicyclic amines) is 1. The number of amides is 2. The Morgan fingerprint density at radius 3 is 2.76 bits per heavy atom. The van der Waals surface area contributed by atoms with Gasteiger partial charge in [0.25, 0.3) is 0 Å². The molecule has 1 heterocycles. The Balaban J connectivity index is 2.43. The molecule has 1 saturated heterocycles. The van der Waals surface area contributed by atoms with E-state index in [1.165, 1.54) is 16.7 Å². The number of carbonyl (C=O) groups excluding carboxylic acids is 1. The van der Waals surface area contributed by atoms with Crippen molar-refractivity contribution in [2.24, 2.45) is 0 Å². The Kier molecular flexibility index (Phi) is 5.57. The summed E-state index contributed by atoms with van der Waals surface area (Å²) in [5.74, 6) is -0.341. The summed E-state index contributed by atoms with van der Waals surface area (Å²) in [5, 5.41) is 20.7. The number of rotatable bonds is 5. The maximum absolute atomic E-state index is 11.7. The molecule has 0 aromatic rings. The number of hydrogen-bond acceptors (Lipinski definition) is 4. The molecule has 0 aromatic carbocycles. The first-order chi connectivity index (χ1) is 8.04. The quantitative estimate of drug-likeness (QED) is 0.647. The van der Waals surface area contributed by atoms with Gasteiger partial charge in [0.1, 0.15) is 6.04 Å². The number of β-amino-alcohol motifs (C(OH)–C–C–N with tert-alkyl or cyclic N) is 1. The smallest absolute Gasteiger partial charge is 0.326 e. The minimum absolute atomic E-state index is 0.278. The van der Waals surface area contributed by atoms with E-state index in [1.807, 2.05) is 6.26 Å². The molecule has 1 aliphatic rings. The molecule has 17 heavy (non-hydrogen) atoms. The number of aliphatic hydroxyl groups excluding tert-OH is 1. The van der Waals surface area contributed by atoms with E-state index in [-0.39, 0.29) is 6.54 Å². The van der Waals surface area contributed by atoms with Crippen LogP contribution in [0.4, 0.5) is 4.79 Å². The number of urea groups is 1. The van der Waals surface area contributed by atoms with E-state index in [1.54, 1.807) is 0 Å². The molecule has 0 saturated carbocycles. The summed E-state index contributed by atoms with van der Waals surface area (Å²) < 4.78 is 0. The summed E-state index contributed by atoms with van der Waals surface area (Å²) in [6.45, 7) is 0.753. The van der Waals surface area contributed by atoms with Gasteiger partial charge in [-0.05, 0) is 24.9 Å². The predicted molar refractivity (Wildman–Crippen MR) is 65.2 cm³/mol. The van der Waals surface area contributed by atoms with Crippen LogP contribution < -0.4 is 5.32 Å². The van der Waals surface area contributed by atoms with Crippen molar-refractivity contribution < 1.29 is 19.8 Å². The largest absolute Gasteiger partial charge is 0.480 e. The van der Waals surface area contributed by atoms with Crippen LogP contribution in [0.15, 0.2) is 0 Å². The second-order valence-corrected chi connectivity index (χ2v) is 5.00. The molecule has 0 spiro atoms. The van der Waals surface area contributed by atoms with E-state index in [4.69, 9.17) is 5.11 Å². The number of carboxylic acid groups (broad SMARTS) is 1. The fraction of sp³-hybridized carbons (Fsp3) is 0.800. The van der Waals surface area contributed by atoms with Crippen molar-refractivity contribution >= 4 is 23.8 Å². The summed E-state index contributed by atoms with van der Waals surface area (Å²) >= 11 is 1.54. The highest BCUT2D eigenvalue weighted by Crippen LogP contribution is 2.09. The second kappa shape index (κ2) is 6.70. The molecule has 0 aromatic heterocycles. The lowest BCUT2D eigenvalue weighted by atomic mass is 10.2. The van der Waals surface area contributed by atoms with Crippen LogP contribution in [-0.4, -0.2) is 64.4 Å². The number of hydrogen-bond donors (Lipinski definition) is 3. The normalized spacial score (nSPS) is 21.3. The fourth-order valence-corrected chi connectivity index (χ4v) is 2.13. The monoisotopic (exact) mass is 262 g/mol. The summed E-state index contributed by atoms with van der Waals surface area (Å²) in [5.41, 5.74) is 0. The number of aliphatic carboxylic acids is 1. The zero-order valence-electron chi connectivity index (χ0n) is 9.76. The molecule has 3 N–H and O–H groups in total. The van der Waals surface area contributed by atoms with Crippen molar-refractivity contribution in [2.75, 3.05) is 25.1 Å². The summed E-state index contributed by atoms with van der Waals surface area (Å²) in [6, 6.07) is -1.26. The Morgan fingerprint density at radius 2 is 2.29 bits per heavy atom. The number of thioether (sulfide) groups is 1. The molecule has 1 rings (SSSR count). The van der Waals surface area contributed by atoms with Gasteiger partial charge in [0.05, 0.1) is 6.10 Å². The molecule has 1 aliphatic heterocycles. The van der Waals surface area contributed by atoms with Gasteiger partial charge in [-0.15, -0.1) is 0 Å². The third-order valence-electron chi connectivity index (χ3n) is 2.66. The van der Waals surface area contributed by atoms with Gasteiger partial charge in [-0.1, -0.05) is 0 Å². The molecule has 6 nitrogen and oxygen atoms in total. The van der Waals surface area contributed by atoms with Crippen LogP contribution in [0, 0.1) is 0 Å². The van der Waals surface area contributed by atoms with E-state index in [2.05, 4.69) is 5.32 Å². The first-order valence-electron chi connectivity index (χ1n) is 5.50. The minimum atomic E-state index is -1.02. The van der Waals surface area contributed by atoms with E-state index in [0.29, 0.717) is 25.1 Å². The molecule has 7 heteroatoms. The zero-order valence-corrected chi connectivity index (χ0v) is 10.6. The Labute approximate surface area is 104 Å². The fourth-order valence-electron chi connectivity index (χ4n) is 1.66. The highest BCUT2D eigenvalue weighted by molar-refractivity contribution is 7.98. The predicted octanol–water partition coefficient (Wildman–Crippen LogP) is -0.0311. The van der Waals surface area contributed by atoms with Crippen LogP contribution in [0.2, 0.25) is 0 Å².